The second kappa shape index (κ2) is 14.1. The van der Waals surface area contributed by atoms with Crippen molar-refractivity contribution < 1.29 is 14.6 Å². The van der Waals surface area contributed by atoms with Crippen molar-refractivity contribution >= 4 is 5.97 Å². The fourth-order valence-corrected chi connectivity index (χ4v) is 1.40. The summed E-state index contributed by atoms with van der Waals surface area (Å²) in [7, 11) is 0. The van der Waals surface area contributed by atoms with Gasteiger partial charge in [-0.15, -0.1) is 11.8 Å². The third-order valence-corrected chi connectivity index (χ3v) is 2.48. The minimum Gasteiger partial charge on any atom is -0.298 e. The highest BCUT2D eigenvalue weighted by atomic mass is 17.2. The molecule has 0 fully saturated rings. The molecule has 0 radical (unpaired) electrons. The zero-order valence-electron chi connectivity index (χ0n) is 11.8. The van der Waals surface area contributed by atoms with E-state index in [0.29, 0.717) is 19.4 Å². The summed E-state index contributed by atoms with van der Waals surface area (Å²) >= 11 is 0. The van der Waals surface area contributed by atoms with Gasteiger partial charge in [-0.05, 0) is 12.8 Å². The molecule has 3 nitrogen and oxygen atoms in total. The van der Waals surface area contributed by atoms with E-state index in [1.54, 1.807) is 0 Å². The molecule has 0 aromatic carbocycles. The number of carbonyl (C=O) groups excluding carboxylic acids is 1. The molecule has 0 saturated carbocycles. The van der Waals surface area contributed by atoms with Crippen molar-refractivity contribution in [3.8, 4) is 11.8 Å². The van der Waals surface area contributed by atoms with Crippen molar-refractivity contribution in [3.63, 3.8) is 0 Å². The number of hydrogen-bond donors (Lipinski definition) is 0. The lowest BCUT2D eigenvalue weighted by atomic mass is 10.2. The topological polar surface area (TPSA) is 35.5 Å². The maximum Gasteiger partial charge on any atom is 0.342 e. The lowest BCUT2D eigenvalue weighted by Crippen LogP contribution is -2.05. The van der Waals surface area contributed by atoms with Gasteiger partial charge in [-0.2, -0.15) is 4.89 Å². The highest BCUT2D eigenvalue weighted by Gasteiger charge is 2.02. The molecular formula is C15H26O3. The van der Waals surface area contributed by atoms with Crippen molar-refractivity contribution in [2.24, 2.45) is 0 Å². The standard InChI is InChI=1S/C15H26O3/c1-3-5-7-8-9-10-12-14-17-18-15(16)13-11-6-4-2/h3-8,11-14H2,1-2H3. The molecule has 18 heavy (non-hydrogen) atoms. The fraction of sp³-hybridized carbons (Fsp3) is 0.800. The van der Waals surface area contributed by atoms with Gasteiger partial charge in [-0.1, -0.05) is 39.5 Å². The van der Waals surface area contributed by atoms with Crippen molar-refractivity contribution in [2.45, 2.75) is 71.6 Å². The lowest BCUT2D eigenvalue weighted by Gasteiger charge is -2.01. The second-order valence-corrected chi connectivity index (χ2v) is 4.30. The second-order valence-electron chi connectivity index (χ2n) is 4.30. The predicted molar refractivity (Wildman–Crippen MR) is 72.7 cm³/mol. The molecule has 0 aromatic rings. The van der Waals surface area contributed by atoms with E-state index in [1.807, 2.05) is 0 Å². The predicted octanol–water partition coefficient (Wildman–Crippen LogP) is 4.02. The molecule has 0 N–H and O–H groups in total. The third kappa shape index (κ3) is 13.1. The Kier molecular flexibility index (Phi) is 13.3. The van der Waals surface area contributed by atoms with Crippen LogP contribution >= 0.6 is 0 Å². The SMILES string of the molecule is CCCCCC#CCCOOC(=O)CCCCC. The van der Waals surface area contributed by atoms with Crippen LogP contribution in [-0.4, -0.2) is 12.6 Å². The summed E-state index contributed by atoms with van der Waals surface area (Å²) < 4.78 is 0. The molecule has 0 atom stereocenters. The summed E-state index contributed by atoms with van der Waals surface area (Å²) in [5.41, 5.74) is 0. The van der Waals surface area contributed by atoms with Crippen LogP contribution in [0.5, 0.6) is 0 Å². The van der Waals surface area contributed by atoms with Crippen LogP contribution in [0.2, 0.25) is 0 Å². The molecule has 0 amide bonds. The van der Waals surface area contributed by atoms with E-state index in [1.165, 1.54) is 12.8 Å². The largest absolute Gasteiger partial charge is 0.342 e. The molecule has 0 unspecified atom stereocenters. The minimum absolute atomic E-state index is 0.278. The first-order valence-corrected chi connectivity index (χ1v) is 7.09. The summed E-state index contributed by atoms with van der Waals surface area (Å²) in [5.74, 6) is 5.81. The van der Waals surface area contributed by atoms with Crippen LogP contribution in [0, 0.1) is 11.8 Å². The molecule has 0 spiro atoms. The van der Waals surface area contributed by atoms with Crippen LogP contribution in [0.4, 0.5) is 0 Å². The van der Waals surface area contributed by atoms with E-state index >= 15 is 0 Å². The number of carbonyl (C=O) groups is 1. The highest BCUT2D eigenvalue weighted by Crippen LogP contribution is 2.01. The fourth-order valence-electron chi connectivity index (χ4n) is 1.40. The Morgan fingerprint density at radius 1 is 0.944 bits per heavy atom. The van der Waals surface area contributed by atoms with Crippen LogP contribution in [-0.2, 0) is 14.6 Å². The Bertz CT molecular complexity index is 250. The first kappa shape index (κ1) is 17.0. The molecule has 0 aliphatic rings. The summed E-state index contributed by atoms with van der Waals surface area (Å²) in [6.45, 7) is 4.64. The van der Waals surface area contributed by atoms with Gasteiger partial charge in [-0.3, -0.25) is 4.89 Å². The van der Waals surface area contributed by atoms with Crippen LogP contribution in [0.1, 0.15) is 71.6 Å². The summed E-state index contributed by atoms with van der Waals surface area (Å²) in [5, 5.41) is 0. The van der Waals surface area contributed by atoms with Crippen LogP contribution in [0.25, 0.3) is 0 Å². The van der Waals surface area contributed by atoms with E-state index in [9.17, 15) is 4.79 Å². The Morgan fingerprint density at radius 2 is 1.61 bits per heavy atom. The Morgan fingerprint density at radius 3 is 2.33 bits per heavy atom. The van der Waals surface area contributed by atoms with E-state index in [2.05, 4.69) is 30.6 Å². The smallest absolute Gasteiger partial charge is 0.298 e. The van der Waals surface area contributed by atoms with E-state index in [-0.39, 0.29) is 5.97 Å². The van der Waals surface area contributed by atoms with Gasteiger partial charge in [0.1, 0.15) is 6.61 Å². The van der Waals surface area contributed by atoms with Gasteiger partial charge in [0.15, 0.2) is 0 Å². The molecule has 104 valence electrons. The number of hydrogen-bond acceptors (Lipinski definition) is 3. The summed E-state index contributed by atoms with van der Waals surface area (Å²) in [6.07, 6.45) is 8.65. The number of rotatable bonds is 10. The Labute approximate surface area is 111 Å². The summed E-state index contributed by atoms with van der Waals surface area (Å²) in [6, 6.07) is 0. The molecule has 0 aliphatic carbocycles. The van der Waals surface area contributed by atoms with Crippen molar-refractivity contribution in [1.82, 2.24) is 0 Å². The molecule has 0 aliphatic heterocycles. The van der Waals surface area contributed by atoms with Crippen molar-refractivity contribution in [1.29, 1.82) is 0 Å². The molecular weight excluding hydrogens is 228 g/mol. The van der Waals surface area contributed by atoms with E-state index in [0.717, 1.165) is 32.1 Å². The molecule has 0 aromatic heterocycles. The van der Waals surface area contributed by atoms with E-state index in [4.69, 9.17) is 4.89 Å². The zero-order valence-corrected chi connectivity index (χ0v) is 11.8. The highest BCUT2D eigenvalue weighted by molar-refractivity contribution is 5.68. The normalized spacial score (nSPS) is 9.67. The minimum atomic E-state index is -0.278. The maximum atomic E-state index is 11.1. The van der Waals surface area contributed by atoms with Crippen molar-refractivity contribution in [2.75, 3.05) is 6.61 Å². The van der Waals surface area contributed by atoms with Crippen LogP contribution < -0.4 is 0 Å². The van der Waals surface area contributed by atoms with Gasteiger partial charge < -0.3 is 0 Å². The monoisotopic (exact) mass is 254 g/mol. The average Bonchev–Trinajstić information content (AvgIpc) is 2.37. The van der Waals surface area contributed by atoms with Gasteiger partial charge in [0, 0.05) is 19.3 Å². The first-order valence-electron chi connectivity index (χ1n) is 7.09. The molecule has 0 rings (SSSR count). The van der Waals surface area contributed by atoms with Gasteiger partial charge in [-0.25, -0.2) is 4.79 Å². The van der Waals surface area contributed by atoms with Gasteiger partial charge in [0.05, 0.1) is 0 Å². The maximum absolute atomic E-state index is 11.1. The van der Waals surface area contributed by atoms with Gasteiger partial charge in [0.2, 0.25) is 0 Å². The zero-order chi connectivity index (χ0) is 13.5. The molecule has 0 bridgehead atoms. The van der Waals surface area contributed by atoms with E-state index < -0.39 is 0 Å². The average molecular weight is 254 g/mol. The Balaban J connectivity index is 3.26. The third-order valence-electron chi connectivity index (χ3n) is 2.48. The van der Waals surface area contributed by atoms with Gasteiger partial charge in [0.25, 0.3) is 0 Å². The quantitative estimate of drug-likeness (QED) is 0.256. The molecule has 3 heteroatoms. The lowest BCUT2D eigenvalue weighted by molar-refractivity contribution is -0.271. The summed E-state index contributed by atoms with van der Waals surface area (Å²) in [4.78, 5) is 20.6. The first-order chi connectivity index (χ1) is 8.81. The number of unbranched alkanes of at least 4 members (excludes halogenated alkanes) is 5. The van der Waals surface area contributed by atoms with Gasteiger partial charge >= 0.3 is 5.97 Å². The molecule has 0 saturated heterocycles. The van der Waals surface area contributed by atoms with Crippen LogP contribution in [0.15, 0.2) is 0 Å². The van der Waals surface area contributed by atoms with Crippen molar-refractivity contribution in [3.05, 3.63) is 0 Å². The Hall–Kier alpha value is -1.01. The molecule has 0 heterocycles. The van der Waals surface area contributed by atoms with Crippen LogP contribution in [0.3, 0.4) is 0 Å².